The van der Waals surface area contributed by atoms with Gasteiger partial charge in [-0.15, -0.1) is 0 Å². The van der Waals surface area contributed by atoms with Gasteiger partial charge < -0.3 is 14.7 Å². The number of carboxylic acid groups (broad SMARTS) is 1. The van der Waals surface area contributed by atoms with E-state index in [2.05, 4.69) is 23.1 Å². The SMILES string of the molecule is O=C(O)C(F)(F)F.O=C(c1cccc(C(F)(F)F)c1)N1CCC2(CCN(Cc3ccccc3OCc3ccccc3)CC2)CC1. The topological polar surface area (TPSA) is 70.1 Å². The lowest BCUT2D eigenvalue weighted by molar-refractivity contribution is -0.192. The molecule has 1 spiro atoms. The van der Waals surface area contributed by atoms with Crippen molar-refractivity contribution in [2.75, 3.05) is 26.2 Å². The molecule has 0 radical (unpaired) electrons. The maximum atomic E-state index is 13.1. The summed E-state index contributed by atoms with van der Waals surface area (Å²) < 4.78 is 77.1. The quantitative estimate of drug-likeness (QED) is 0.285. The molecule has 12 heteroatoms. The Hall–Kier alpha value is -4.06. The molecule has 0 atom stereocenters. The van der Waals surface area contributed by atoms with Crippen LogP contribution < -0.4 is 4.74 Å². The number of nitrogens with zero attached hydrogens (tertiary/aromatic N) is 2. The highest BCUT2D eigenvalue weighted by atomic mass is 19.4. The van der Waals surface area contributed by atoms with Crippen LogP contribution in [0.15, 0.2) is 78.9 Å². The molecule has 45 heavy (non-hydrogen) atoms. The summed E-state index contributed by atoms with van der Waals surface area (Å²) in [5.74, 6) is -2.15. The van der Waals surface area contributed by atoms with Crippen LogP contribution in [0.1, 0.15) is 52.7 Å². The van der Waals surface area contributed by atoms with Crippen LogP contribution in [0.3, 0.4) is 0 Å². The van der Waals surface area contributed by atoms with Crippen LogP contribution in [0.4, 0.5) is 26.3 Å². The van der Waals surface area contributed by atoms with Gasteiger partial charge in [0.05, 0.1) is 5.56 Å². The zero-order chi connectivity index (χ0) is 32.7. The molecule has 0 saturated carbocycles. The molecule has 2 aliphatic heterocycles. The van der Waals surface area contributed by atoms with Crippen molar-refractivity contribution in [3.05, 3.63) is 101 Å². The smallest absolute Gasteiger partial charge is 0.489 e. The number of para-hydroxylation sites is 1. The summed E-state index contributed by atoms with van der Waals surface area (Å²) in [5, 5.41) is 7.12. The van der Waals surface area contributed by atoms with Gasteiger partial charge in [-0.2, -0.15) is 26.3 Å². The Morgan fingerprint density at radius 1 is 0.778 bits per heavy atom. The summed E-state index contributed by atoms with van der Waals surface area (Å²) in [6, 6.07) is 23.1. The van der Waals surface area contributed by atoms with Gasteiger partial charge >= 0.3 is 18.3 Å². The number of carbonyl (C=O) groups excluding carboxylic acids is 1. The molecule has 0 bridgehead atoms. The van der Waals surface area contributed by atoms with Gasteiger partial charge in [-0.3, -0.25) is 9.69 Å². The molecular formula is C33H34F6N2O4. The van der Waals surface area contributed by atoms with Gasteiger partial charge in [-0.1, -0.05) is 54.6 Å². The van der Waals surface area contributed by atoms with Crippen molar-refractivity contribution in [3.63, 3.8) is 0 Å². The van der Waals surface area contributed by atoms with Gasteiger partial charge in [0.25, 0.3) is 5.91 Å². The Balaban J connectivity index is 0.000000591. The molecule has 0 aromatic heterocycles. The third-order valence-corrected chi connectivity index (χ3v) is 8.31. The van der Waals surface area contributed by atoms with Gasteiger partial charge in [0.15, 0.2) is 0 Å². The molecule has 3 aromatic carbocycles. The van der Waals surface area contributed by atoms with Gasteiger partial charge in [0, 0.05) is 30.8 Å². The molecule has 242 valence electrons. The number of likely N-dealkylation sites (tertiary alicyclic amines) is 2. The molecule has 2 saturated heterocycles. The summed E-state index contributed by atoms with van der Waals surface area (Å²) in [6.45, 7) is 4.51. The fourth-order valence-corrected chi connectivity index (χ4v) is 5.63. The maximum absolute atomic E-state index is 13.1. The van der Waals surface area contributed by atoms with E-state index in [1.165, 1.54) is 17.7 Å². The van der Waals surface area contributed by atoms with E-state index in [1.54, 1.807) is 4.90 Å². The first-order chi connectivity index (χ1) is 21.3. The highest BCUT2D eigenvalue weighted by Crippen LogP contribution is 2.42. The summed E-state index contributed by atoms with van der Waals surface area (Å²) >= 11 is 0. The van der Waals surface area contributed by atoms with Crippen LogP contribution in [0, 0.1) is 5.41 Å². The summed E-state index contributed by atoms with van der Waals surface area (Å²) in [6.07, 6.45) is -5.63. The number of amides is 1. The lowest BCUT2D eigenvalue weighted by Gasteiger charge is -2.47. The third kappa shape index (κ3) is 9.46. The zero-order valence-electron chi connectivity index (χ0n) is 24.4. The number of piperidine rings is 2. The number of halogens is 6. The standard InChI is InChI=1S/C31H33F3N2O2.C2HF3O2/c32-31(33,34)27-11-6-10-25(21-27)29(37)36-19-15-30(16-20-36)13-17-35(18-14-30)22-26-9-4-5-12-28(26)38-23-24-7-2-1-3-8-24;3-2(4,5)1(6)7/h1-12,21H,13-20,22-23H2;(H,6,7). The minimum absolute atomic E-state index is 0.110. The Bertz CT molecular complexity index is 1430. The lowest BCUT2D eigenvalue weighted by atomic mass is 9.71. The molecule has 2 fully saturated rings. The van der Waals surface area contributed by atoms with Crippen LogP contribution in [0.2, 0.25) is 0 Å². The molecule has 6 nitrogen and oxygen atoms in total. The number of ether oxygens (including phenoxy) is 1. The van der Waals surface area contributed by atoms with Crippen molar-refractivity contribution in [3.8, 4) is 5.75 Å². The number of aliphatic carboxylic acids is 1. The Morgan fingerprint density at radius 2 is 1.36 bits per heavy atom. The van der Waals surface area contributed by atoms with Crippen LogP contribution >= 0.6 is 0 Å². The number of hydrogen-bond acceptors (Lipinski definition) is 4. The van der Waals surface area contributed by atoms with Gasteiger partial charge in [-0.05, 0) is 74.0 Å². The van der Waals surface area contributed by atoms with Gasteiger partial charge in [0.2, 0.25) is 0 Å². The van der Waals surface area contributed by atoms with Crippen LogP contribution in [-0.4, -0.2) is 59.1 Å². The number of carbonyl (C=O) groups is 2. The van der Waals surface area contributed by atoms with Crippen LogP contribution in [-0.2, 0) is 24.1 Å². The molecule has 2 heterocycles. The Morgan fingerprint density at radius 3 is 1.96 bits per heavy atom. The van der Waals surface area contributed by atoms with Gasteiger partial charge in [0.1, 0.15) is 12.4 Å². The molecule has 1 amide bonds. The second kappa shape index (κ2) is 14.4. The molecule has 0 aliphatic carbocycles. The van der Waals surface area contributed by atoms with E-state index in [0.717, 1.165) is 68.8 Å². The van der Waals surface area contributed by atoms with Crippen molar-refractivity contribution in [2.45, 2.75) is 51.2 Å². The number of alkyl halides is 6. The van der Waals surface area contributed by atoms with Crippen LogP contribution in [0.25, 0.3) is 0 Å². The fraction of sp³-hybridized carbons (Fsp3) is 0.394. The zero-order valence-corrected chi connectivity index (χ0v) is 24.4. The predicted octanol–water partition coefficient (Wildman–Crippen LogP) is 7.44. The highest BCUT2D eigenvalue weighted by molar-refractivity contribution is 5.94. The highest BCUT2D eigenvalue weighted by Gasteiger charge is 2.39. The average molecular weight is 637 g/mol. The predicted molar refractivity (Wildman–Crippen MR) is 154 cm³/mol. The number of benzene rings is 3. The monoisotopic (exact) mass is 636 g/mol. The molecule has 0 unspecified atom stereocenters. The number of rotatable bonds is 6. The van der Waals surface area contributed by atoms with Crippen molar-refractivity contribution < 1.29 is 45.8 Å². The third-order valence-electron chi connectivity index (χ3n) is 8.31. The van der Waals surface area contributed by atoms with E-state index >= 15 is 0 Å². The Labute approximate surface area is 257 Å². The second-order valence-corrected chi connectivity index (χ2v) is 11.3. The van der Waals surface area contributed by atoms with Crippen molar-refractivity contribution in [1.29, 1.82) is 0 Å². The van der Waals surface area contributed by atoms with Crippen LogP contribution in [0.5, 0.6) is 5.75 Å². The molecule has 5 rings (SSSR count). The molecule has 3 aromatic rings. The summed E-state index contributed by atoms with van der Waals surface area (Å²) in [5.41, 5.74) is 1.85. The lowest BCUT2D eigenvalue weighted by Crippen LogP contribution is -2.48. The minimum Gasteiger partial charge on any atom is -0.489 e. The average Bonchev–Trinajstić information content (AvgIpc) is 3.02. The van der Waals surface area contributed by atoms with E-state index in [4.69, 9.17) is 14.6 Å². The molecular weight excluding hydrogens is 602 g/mol. The largest absolute Gasteiger partial charge is 0.490 e. The van der Waals surface area contributed by atoms with E-state index in [1.807, 2.05) is 36.4 Å². The van der Waals surface area contributed by atoms with Crippen molar-refractivity contribution >= 4 is 11.9 Å². The first-order valence-corrected chi connectivity index (χ1v) is 14.5. The molecule has 1 N–H and O–H groups in total. The fourth-order valence-electron chi connectivity index (χ4n) is 5.63. The minimum atomic E-state index is -5.08. The summed E-state index contributed by atoms with van der Waals surface area (Å²) in [4.78, 5) is 26.0. The van der Waals surface area contributed by atoms with E-state index in [-0.39, 0.29) is 16.9 Å². The summed E-state index contributed by atoms with van der Waals surface area (Å²) in [7, 11) is 0. The first-order valence-electron chi connectivity index (χ1n) is 14.5. The maximum Gasteiger partial charge on any atom is 0.490 e. The van der Waals surface area contributed by atoms with E-state index < -0.39 is 23.9 Å². The first kappa shape index (κ1) is 33.8. The second-order valence-electron chi connectivity index (χ2n) is 11.3. The van der Waals surface area contributed by atoms with Gasteiger partial charge in [-0.25, -0.2) is 4.79 Å². The number of carboxylic acids is 1. The van der Waals surface area contributed by atoms with Crippen molar-refractivity contribution in [1.82, 2.24) is 9.80 Å². The van der Waals surface area contributed by atoms with Crippen molar-refractivity contribution in [2.24, 2.45) is 5.41 Å². The number of hydrogen-bond donors (Lipinski definition) is 1. The van der Waals surface area contributed by atoms with E-state index in [0.29, 0.717) is 19.7 Å². The van der Waals surface area contributed by atoms with E-state index in [9.17, 15) is 31.1 Å². The Kier molecular flexibility index (Phi) is 10.8. The molecule has 2 aliphatic rings. The normalized spacial score (nSPS) is 16.9.